The Morgan fingerprint density at radius 3 is 1.94 bits per heavy atom. The summed E-state index contributed by atoms with van der Waals surface area (Å²) < 4.78 is 11.2. The molecule has 11 nitrogen and oxygen atoms in total. The van der Waals surface area contributed by atoms with Gasteiger partial charge in [-0.05, 0) is 18.1 Å². The summed E-state index contributed by atoms with van der Waals surface area (Å²) in [6.07, 6.45) is -6.88. The number of carbonyl (C=O) groups excluding carboxylic acids is 1. The summed E-state index contributed by atoms with van der Waals surface area (Å²) in [5.41, 5.74) is -3.62. The first-order chi connectivity index (χ1) is 14.3. The second kappa shape index (κ2) is 8.91. The second-order valence-electron chi connectivity index (χ2n) is 10.7. The molecule has 0 radical (unpaired) electrons. The van der Waals surface area contributed by atoms with Gasteiger partial charge in [0.1, 0.15) is 18.3 Å². The Balaban J connectivity index is 0.000000244. The van der Waals surface area contributed by atoms with Crippen LogP contribution in [0.5, 0.6) is 0 Å². The minimum Gasteiger partial charge on any atom is -0.479 e. The molecule has 186 valence electrons. The molecule has 0 spiro atoms. The van der Waals surface area contributed by atoms with Gasteiger partial charge >= 0.3 is 11.9 Å². The van der Waals surface area contributed by atoms with Gasteiger partial charge in [-0.2, -0.15) is 0 Å². The fourth-order valence-electron chi connectivity index (χ4n) is 3.87. The van der Waals surface area contributed by atoms with E-state index in [0.29, 0.717) is 0 Å². The Labute approximate surface area is 187 Å². The van der Waals surface area contributed by atoms with Crippen LogP contribution in [0.3, 0.4) is 0 Å². The maximum Gasteiger partial charge on any atom is 0.338 e. The Hall–Kier alpha value is -1.12. The van der Waals surface area contributed by atoms with Crippen molar-refractivity contribution in [2.45, 2.75) is 112 Å². The number of carboxylic acids is 1. The van der Waals surface area contributed by atoms with E-state index in [0.717, 1.165) is 0 Å². The Morgan fingerprint density at radius 2 is 1.50 bits per heavy atom. The van der Waals surface area contributed by atoms with Crippen molar-refractivity contribution in [3.8, 4) is 0 Å². The summed E-state index contributed by atoms with van der Waals surface area (Å²) >= 11 is 0. The van der Waals surface area contributed by atoms with Gasteiger partial charge in [-0.25, -0.2) is 9.59 Å². The maximum atomic E-state index is 11.6. The number of ether oxygens (including phenoxy) is 1. The van der Waals surface area contributed by atoms with Gasteiger partial charge in [0, 0.05) is 25.7 Å². The van der Waals surface area contributed by atoms with Crippen LogP contribution in [0.4, 0.5) is 0 Å². The number of hydrogen-bond donors (Lipinski definition) is 7. The Morgan fingerprint density at radius 1 is 1.00 bits per heavy atom. The fraction of sp³-hybridized carbons (Fsp3) is 0.900. The average molecular weight is 481 g/mol. The minimum absolute atomic E-state index is 0.0106. The van der Waals surface area contributed by atoms with Crippen LogP contribution in [0.1, 0.15) is 46.5 Å². The van der Waals surface area contributed by atoms with Crippen LogP contribution in [-0.2, 0) is 18.8 Å². The van der Waals surface area contributed by atoms with Gasteiger partial charge in [-0.1, -0.05) is 20.8 Å². The maximum absolute atomic E-state index is 11.6. The van der Waals surface area contributed by atoms with Gasteiger partial charge < -0.3 is 44.9 Å². The van der Waals surface area contributed by atoms with E-state index in [1.165, 1.54) is 0 Å². The molecule has 0 aromatic rings. The third kappa shape index (κ3) is 5.33. The second-order valence-corrected chi connectivity index (χ2v) is 15.4. The zero-order valence-corrected chi connectivity index (χ0v) is 20.1. The summed E-state index contributed by atoms with van der Waals surface area (Å²) in [6, 6.07) is 0. The predicted octanol–water partition coefficient (Wildman–Crippen LogP) is -1.13. The van der Waals surface area contributed by atoms with E-state index in [-0.39, 0.29) is 17.9 Å². The number of carboxylic acid groups (broad SMARTS) is 1. The highest BCUT2D eigenvalue weighted by atomic mass is 28.4. The molecule has 2 bridgehead atoms. The molecule has 7 N–H and O–H groups in total. The zero-order chi connectivity index (χ0) is 24.9. The number of carbonyl (C=O) groups is 2. The molecule has 1 aliphatic heterocycles. The van der Waals surface area contributed by atoms with Crippen molar-refractivity contribution >= 4 is 20.3 Å². The molecular weight excluding hydrogens is 444 g/mol. The van der Waals surface area contributed by atoms with E-state index in [2.05, 4.69) is 33.9 Å². The molecule has 0 unspecified atom stereocenters. The average Bonchev–Trinajstić information content (AvgIpc) is 2.88. The van der Waals surface area contributed by atoms with E-state index >= 15 is 0 Å². The minimum atomic E-state index is -2.14. The van der Waals surface area contributed by atoms with E-state index < -0.39 is 80.9 Å². The van der Waals surface area contributed by atoms with Gasteiger partial charge in [-0.15, -0.1) is 0 Å². The summed E-state index contributed by atoms with van der Waals surface area (Å²) in [7, 11) is -2.06. The summed E-state index contributed by atoms with van der Waals surface area (Å²) in [6.45, 7) is 10.5. The first kappa shape index (κ1) is 27.1. The van der Waals surface area contributed by atoms with Gasteiger partial charge in [0.15, 0.2) is 19.5 Å². The van der Waals surface area contributed by atoms with Crippen molar-refractivity contribution in [3.63, 3.8) is 0 Å². The van der Waals surface area contributed by atoms with Crippen molar-refractivity contribution in [2.24, 2.45) is 0 Å². The topological polar surface area (TPSA) is 194 Å². The lowest BCUT2D eigenvalue weighted by Crippen LogP contribution is -2.56. The molecule has 3 fully saturated rings. The normalized spacial score (nSPS) is 42.0. The van der Waals surface area contributed by atoms with Crippen molar-refractivity contribution in [1.29, 1.82) is 0 Å². The number of esters is 1. The lowest BCUT2D eigenvalue weighted by molar-refractivity contribution is -0.187. The van der Waals surface area contributed by atoms with Gasteiger partial charge in [-0.3, -0.25) is 0 Å². The highest BCUT2D eigenvalue weighted by molar-refractivity contribution is 6.74. The van der Waals surface area contributed by atoms with Crippen molar-refractivity contribution in [1.82, 2.24) is 0 Å². The quantitative estimate of drug-likeness (QED) is 0.191. The van der Waals surface area contributed by atoms with Gasteiger partial charge in [0.05, 0.1) is 18.3 Å². The SMILES string of the molecule is CC(C)(C)[Si](C)(C)O[C@@H]1C[C@]2(O)C[C@@H](OC2=O)[C@@H]1O.O=C(O)C1(O)C[C@@H](O)C(O)[C@H](O)C1. The van der Waals surface area contributed by atoms with Crippen LogP contribution >= 0.6 is 0 Å². The Kier molecular flexibility index (Phi) is 7.55. The van der Waals surface area contributed by atoms with E-state index in [4.69, 9.17) is 29.6 Å². The van der Waals surface area contributed by atoms with Crippen molar-refractivity contribution in [3.05, 3.63) is 0 Å². The molecule has 1 heterocycles. The highest BCUT2D eigenvalue weighted by Crippen LogP contribution is 2.43. The summed E-state index contributed by atoms with van der Waals surface area (Å²) in [4.78, 5) is 22.1. The number of aliphatic carboxylic acids is 1. The zero-order valence-electron chi connectivity index (χ0n) is 19.1. The number of aliphatic hydroxyl groups is 6. The molecule has 3 rings (SSSR count). The van der Waals surface area contributed by atoms with Crippen molar-refractivity contribution in [2.75, 3.05) is 0 Å². The molecule has 3 aliphatic rings. The van der Waals surface area contributed by atoms with Crippen LogP contribution in [0.15, 0.2) is 0 Å². The number of rotatable bonds is 3. The molecular formula is C20H36O11Si. The summed E-state index contributed by atoms with van der Waals surface area (Å²) in [5.74, 6) is -2.13. The highest BCUT2D eigenvalue weighted by Gasteiger charge is 2.59. The molecule has 1 saturated heterocycles. The molecule has 12 heteroatoms. The third-order valence-electron chi connectivity index (χ3n) is 7.01. The first-order valence-electron chi connectivity index (χ1n) is 10.6. The first-order valence-corrected chi connectivity index (χ1v) is 13.5. The molecule has 2 saturated carbocycles. The van der Waals surface area contributed by atoms with Gasteiger partial charge in [0.2, 0.25) is 0 Å². The molecule has 0 amide bonds. The van der Waals surface area contributed by atoms with Crippen LogP contribution in [0.2, 0.25) is 18.1 Å². The lowest BCUT2D eigenvalue weighted by atomic mass is 9.80. The van der Waals surface area contributed by atoms with E-state index in [1.807, 2.05) is 0 Å². The van der Waals surface area contributed by atoms with E-state index in [9.17, 15) is 24.9 Å². The molecule has 0 aromatic carbocycles. The standard InChI is InChI=1S/C13H24O5Si.C7H12O6/c1-12(2,3)19(4,5)18-9-7-13(16)6-8(10(9)14)17-11(13)15;8-3-1-7(13,6(11)12)2-4(9)5(3)10/h8-10,14,16H,6-7H2,1-5H3;3-5,8-10,13H,1-2H2,(H,11,12)/t8-,9-,10+,13-;3-,4-,5?,7?/m11/s1. The number of fused-ring (bicyclic) bond motifs is 2. The van der Waals surface area contributed by atoms with Crippen LogP contribution in [0.25, 0.3) is 0 Å². The number of hydrogen-bond acceptors (Lipinski definition) is 10. The molecule has 2 aliphatic carbocycles. The molecule has 0 aromatic heterocycles. The third-order valence-corrected chi connectivity index (χ3v) is 11.5. The van der Waals surface area contributed by atoms with Crippen LogP contribution < -0.4 is 0 Å². The lowest BCUT2D eigenvalue weighted by Gasteiger charge is -2.43. The predicted molar refractivity (Wildman–Crippen MR) is 112 cm³/mol. The number of aliphatic hydroxyl groups excluding tert-OH is 4. The molecule has 6 atom stereocenters. The summed E-state index contributed by atoms with van der Waals surface area (Å²) in [5, 5.41) is 65.7. The monoisotopic (exact) mass is 480 g/mol. The molecule has 32 heavy (non-hydrogen) atoms. The van der Waals surface area contributed by atoms with Gasteiger partial charge in [0.25, 0.3) is 0 Å². The van der Waals surface area contributed by atoms with Crippen LogP contribution in [0, 0.1) is 0 Å². The van der Waals surface area contributed by atoms with Crippen molar-refractivity contribution < 1.29 is 54.5 Å². The van der Waals surface area contributed by atoms with E-state index in [1.54, 1.807) is 0 Å². The largest absolute Gasteiger partial charge is 0.479 e. The van der Waals surface area contributed by atoms with Crippen LogP contribution in [-0.4, -0.2) is 104 Å². The smallest absolute Gasteiger partial charge is 0.338 e. The fourth-order valence-corrected chi connectivity index (χ4v) is 5.20. The Bertz CT molecular complexity index is 709.